The zero-order chi connectivity index (χ0) is 24.1. The van der Waals surface area contributed by atoms with Gasteiger partial charge in [-0.3, -0.25) is 4.79 Å². The molecule has 2 amide bonds. The number of alkyl carbamates (subject to hydrolysis) is 1. The number of amides is 2. The number of imidazole rings is 1. The molecule has 34 heavy (non-hydrogen) atoms. The summed E-state index contributed by atoms with van der Waals surface area (Å²) in [4.78, 5) is 43.4. The van der Waals surface area contributed by atoms with Gasteiger partial charge in [-0.2, -0.15) is 0 Å². The summed E-state index contributed by atoms with van der Waals surface area (Å²) in [5, 5.41) is 14.5. The number of hydrogen-bond donors (Lipinski definition) is 4. The number of nitrogens with zero attached hydrogens (tertiary/aromatic N) is 1. The van der Waals surface area contributed by atoms with Crippen LogP contribution in [0.1, 0.15) is 36.1 Å². The van der Waals surface area contributed by atoms with E-state index in [-0.39, 0.29) is 25.4 Å². The summed E-state index contributed by atoms with van der Waals surface area (Å²) in [6.45, 7) is 1.84. The number of aliphatic carboxylic acids is 1. The van der Waals surface area contributed by atoms with Gasteiger partial charge < -0.3 is 25.5 Å². The van der Waals surface area contributed by atoms with Gasteiger partial charge in [-0.1, -0.05) is 55.5 Å². The molecule has 0 saturated heterocycles. The standard InChI is InChI=1S/C25H26N4O5/c1-2-21(23(30)28-22(24(31)32)11-15-12-26-14-27-15)29-25(33)34-13-20-18-9-5-3-7-16(18)17-8-4-6-10-19(17)20/h3-10,12,14,20-22H,2,11,13H2,1H3,(H,26,27)(H,28,30)(H,29,33)(H,31,32)/t21?,22-/m0/s1. The molecular weight excluding hydrogens is 436 g/mol. The highest BCUT2D eigenvalue weighted by molar-refractivity contribution is 5.89. The van der Waals surface area contributed by atoms with Gasteiger partial charge in [0.15, 0.2) is 0 Å². The second-order valence-electron chi connectivity index (χ2n) is 8.11. The van der Waals surface area contributed by atoms with Crippen LogP contribution in [0, 0.1) is 0 Å². The van der Waals surface area contributed by atoms with E-state index in [0.717, 1.165) is 22.3 Å². The van der Waals surface area contributed by atoms with Crippen LogP contribution in [0.3, 0.4) is 0 Å². The Hall–Kier alpha value is -4.14. The van der Waals surface area contributed by atoms with Crippen molar-refractivity contribution < 1.29 is 24.2 Å². The maximum absolute atomic E-state index is 12.7. The molecule has 1 aliphatic rings. The molecule has 3 aromatic rings. The second kappa shape index (κ2) is 10.2. The van der Waals surface area contributed by atoms with Crippen LogP contribution in [0.4, 0.5) is 4.79 Å². The molecule has 1 aliphatic carbocycles. The highest BCUT2D eigenvalue weighted by Crippen LogP contribution is 2.44. The van der Waals surface area contributed by atoms with Crippen molar-refractivity contribution in [1.82, 2.24) is 20.6 Å². The van der Waals surface area contributed by atoms with Crippen LogP contribution in [-0.4, -0.2) is 51.7 Å². The van der Waals surface area contributed by atoms with Gasteiger partial charge in [-0.25, -0.2) is 14.6 Å². The SMILES string of the molecule is CCC(NC(=O)OCC1c2ccccc2-c2ccccc21)C(=O)N[C@@H](Cc1cnc[nH]1)C(=O)O. The van der Waals surface area contributed by atoms with Gasteiger partial charge in [0.2, 0.25) is 5.91 Å². The van der Waals surface area contributed by atoms with Crippen LogP contribution in [0.2, 0.25) is 0 Å². The van der Waals surface area contributed by atoms with Gasteiger partial charge >= 0.3 is 12.1 Å². The summed E-state index contributed by atoms with van der Waals surface area (Å²) in [5.74, 6) is -1.88. The van der Waals surface area contributed by atoms with Crippen molar-refractivity contribution in [3.63, 3.8) is 0 Å². The van der Waals surface area contributed by atoms with E-state index in [2.05, 4.69) is 20.6 Å². The van der Waals surface area contributed by atoms with Gasteiger partial charge in [0.05, 0.1) is 6.33 Å². The first kappa shape index (κ1) is 23.0. The number of hydrogen-bond acceptors (Lipinski definition) is 5. The predicted octanol–water partition coefficient (Wildman–Crippen LogP) is 2.84. The third-order valence-corrected chi connectivity index (χ3v) is 5.95. The van der Waals surface area contributed by atoms with E-state index in [9.17, 15) is 19.5 Å². The molecule has 1 heterocycles. The Morgan fingerprint density at radius 1 is 1.03 bits per heavy atom. The summed E-state index contributed by atoms with van der Waals surface area (Å²) < 4.78 is 5.50. The topological polar surface area (TPSA) is 133 Å². The van der Waals surface area contributed by atoms with Crippen LogP contribution in [0.15, 0.2) is 61.1 Å². The molecule has 1 unspecified atom stereocenters. The van der Waals surface area contributed by atoms with E-state index in [1.54, 1.807) is 6.92 Å². The van der Waals surface area contributed by atoms with Crippen molar-refractivity contribution in [2.24, 2.45) is 0 Å². The summed E-state index contributed by atoms with van der Waals surface area (Å²) in [5.41, 5.74) is 4.99. The number of H-pyrrole nitrogens is 1. The minimum absolute atomic E-state index is 0.0441. The van der Waals surface area contributed by atoms with E-state index in [4.69, 9.17) is 4.74 Å². The number of rotatable bonds is 9. The Kier molecular flexibility index (Phi) is 6.91. The lowest BCUT2D eigenvalue weighted by Crippen LogP contribution is -2.52. The quantitative estimate of drug-likeness (QED) is 0.386. The molecule has 9 heteroatoms. The van der Waals surface area contributed by atoms with Crippen LogP contribution in [-0.2, 0) is 20.7 Å². The van der Waals surface area contributed by atoms with E-state index in [1.165, 1.54) is 12.5 Å². The molecule has 0 aliphatic heterocycles. The molecule has 176 valence electrons. The number of ether oxygens (including phenoxy) is 1. The number of nitrogens with one attached hydrogen (secondary N) is 3. The van der Waals surface area contributed by atoms with Gasteiger partial charge in [0, 0.05) is 24.2 Å². The minimum Gasteiger partial charge on any atom is -0.480 e. The molecule has 2 aromatic carbocycles. The van der Waals surface area contributed by atoms with Crippen LogP contribution in [0.5, 0.6) is 0 Å². The van der Waals surface area contributed by atoms with Crippen molar-refractivity contribution in [3.05, 3.63) is 77.9 Å². The molecule has 4 rings (SSSR count). The Morgan fingerprint density at radius 3 is 2.24 bits per heavy atom. The first-order valence-electron chi connectivity index (χ1n) is 11.1. The van der Waals surface area contributed by atoms with Crippen LogP contribution < -0.4 is 10.6 Å². The lowest BCUT2D eigenvalue weighted by Gasteiger charge is -2.21. The number of fused-ring (bicyclic) bond motifs is 3. The molecule has 0 bridgehead atoms. The summed E-state index contributed by atoms with van der Waals surface area (Å²) in [6, 6.07) is 13.9. The third kappa shape index (κ3) is 4.93. The number of aromatic amines is 1. The van der Waals surface area contributed by atoms with E-state index >= 15 is 0 Å². The van der Waals surface area contributed by atoms with Gasteiger partial charge in [-0.15, -0.1) is 0 Å². The summed E-state index contributed by atoms with van der Waals surface area (Å²) in [6.07, 6.45) is 2.51. The number of carboxylic acid groups (broad SMARTS) is 1. The monoisotopic (exact) mass is 462 g/mol. The van der Waals surface area contributed by atoms with Crippen molar-refractivity contribution in [1.29, 1.82) is 0 Å². The Morgan fingerprint density at radius 2 is 1.68 bits per heavy atom. The van der Waals surface area contributed by atoms with Gasteiger partial charge in [-0.05, 0) is 28.7 Å². The molecule has 9 nitrogen and oxygen atoms in total. The average Bonchev–Trinajstić information content (AvgIpc) is 3.46. The lowest BCUT2D eigenvalue weighted by molar-refractivity contribution is -0.142. The van der Waals surface area contributed by atoms with E-state index in [0.29, 0.717) is 5.69 Å². The van der Waals surface area contributed by atoms with Crippen molar-refractivity contribution >= 4 is 18.0 Å². The molecule has 0 fully saturated rings. The molecule has 1 aromatic heterocycles. The Labute approximate surface area is 196 Å². The fourth-order valence-electron chi connectivity index (χ4n) is 4.22. The van der Waals surface area contributed by atoms with Gasteiger partial charge in [0.1, 0.15) is 18.7 Å². The molecule has 0 saturated carbocycles. The number of aromatic nitrogens is 2. The minimum atomic E-state index is -1.18. The molecule has 0 radical (unpaired) electrons. The van der Waals surface area contributed by atoms with Crippen molar-refractivity contribution in [3.8, 4) is 11.1 Å². The molecular formula is C25H26N4O5. The van der Waals surface area contributed by atoms with Crippen molar-refractivity contribution in [2.45, 2.75) is 37.8 Å². The maximum Gasteiger partial charge on any atom is 0.407 e. The Bertz CT molecular complexity index is 1130. The highest BCUT2D eigenvalue weighted by Gasteiger charge is 2.30. The van der Waals surface area contributed by atoms with Gasteiger partial charge in [0.25, 0.3) is 0 Å². The maximum atomic E-state index is 12.7. The second-order valence-corrected chi connectivity index (χ2v) is 8.11. The zero-order valence-corrected chi connectivity index (χ0v) is 18.7. The first-order chi connectivity index (χ1) is 16.5. The normalized spacial score (nSPS) is 13.9. The fourth-order valence-corrected chi connectivity index (χ4v) is 4.22. The lowest BCUT2D eigenvalue weighted by atomic mass is 9.98. The number of benzene rings is 2. The van der Waals surface area contributed by atoms with E-state index < -0.39 is 30.1 Å². The largest absolute Gasteiger partial charge is 0.480 e. The van der Waals surface area contributed by atoms with Crippen LogP contribution in [0.25, 0.3) is 11.1 Å². The van der Waals surface area contributed by atoms with E-state index in [1.807, 2.05) is 48.5 Å². The third-order valence-electron chi connectivity index (χ3n) is 5.95. The predicted molar refractivity (Wildman–Crippen MR) is 124 cm³/mol. The zero-order valence-electron chi connectivity index (χ0n) is 18.7. The first-order valence-corrected chi connectivity index (χ1v) is 11.1. The molecule has 2 atom stereocenters. The van der Waals surface area contributed by atoms with Crippen LogP contribution >= 0.6 is 0 Å². The fraction of sp³-hybridized carbons (Fsp3) is 0.280. The Balaban J connectivity index is 1.36. The summed E-state index contributed by atoms with van der Waals surface area (Å²) >= 11 is 0. The number of carboxylic acids is 1. The molecule has 4 N–H and O–H groups in total. The highest BCUT2D eigenvalue weighted by atomic mass is 16.5. The van der Waals surface area contributed by atoms with Crippen molar-refractivity contribution in [2.75, 3.05) is 6.61 Å². The number of carbonyl (C=O) groups excluding carboxylic acids is 2. The molecule has 0 spiro atoms. The summed E-state index contributed by atoms with van der Waals surface area (Å²) in [7, 11) is 0. The average molecular weight is 463 g/mol. The number of carbonyl (C=O) groups is 3. The smallest absolute Gasteiger partial charge is 0.407 e.